The number of methoxy groups -OCH3 is 1. The molecule has 20 heavy (non-hydrogen) atoms. The number of nitrogen functional groups attached to an aromatic ring is 1. The first-order valence-electron chi connectivity index (χ1n) is 7.03. The molecule has 0 aliphatic carbocycles. The molecule has 3 rings (SSSR count). The number of nitrogens with one attached hydrogen (secondary N) is 1. The van der Waals surface area contributed by atoms with Gasteiger partial charge in [0.25, 0.3) is 0 Å². The molecule has 2 saturated heterocycles. The Morgan fingerprint density at radius 3 is 3.15 bits per heavy atom. The number of hydrogen-bond donors (Lipinski definition) is 2. The topological polar surface area (TPSA) is 80.5 Å². The van der Waals surface area contributed by atoms with Gasteiger partial charge in [-0.1, -0.05) is 0 Å². The molecule has 1 aromatic heterocycles. The summed E-state index contributed by atoms with van der Waals surface area (Å²) in [5.41, 5.74) is 6.47. The SMILES string of the molecule is COC(=O)c1cc(NC2CCN3CCCC23)ncc1N. The summed E-state index contributed by atoms with van der Waals surface area (Å²) in [6.07, 6.45) is 5.13. The lowest BCUT2D eigenvalue weighted by Crippen LogP contribution is -2.34. The van der Waals surface area contributed by atoms with Gasteiger partial charge in [0, 0.05) is 18.6 Å². The highest BCUT2D eigenvalue weighted by Gasteiger charge is 2.37. The van der Waals surface area contributed by atoms with Crippen LogP contribution in [0.1, 0.15) is 29.6 Å². The highest BCUT2D eigenvalue weighted by molar-refractivity contribution is 5.95. The summed E-state index contributed by atoms with van der Waals surface area (Å²) in [5.74, 6) is 0.264. The number of pyridine rings is 1. The van der Waals surface area contributed by atoms with Crippen LogP contribution in [-0.2, 0) is 4.74 Å². The highest BCUT2D eigenvalue weighted by atomic mass is 16.5. The Bertz CT molecular complexity index is 520. The molecular formula is C14H20N4O2. The standard InChI is InChI=1S/C14H20N4O2/c1-20-14(19)9-7-13(16-8-10(9)15)17-11-4-6-18-5-2-3-12(11)18/h7-8,11-12H,2-6,15H2,1H3,(H,16,17). The molecule has 2 fully saturated rings. The van der Waals surface area contributed by atoms with E-state index in [-0.39, 0.29) is 0 Å². The number of anilines is 2. The number of carbonyl (C=O) groups is 1. The van der Waals surface area contributed by atoms with Gasteiger partial charge >= 0.3 is 5.97 Å². The summed E-state index contributed by atoms with van der Waals surface area (Å²) in [4.78, 5) is 18.4. The molecular weight excluding hydrogens is 256 g/mol. The zero-order valence-corrected chi connectivity index (χ0v) is 11.6. The zero-order valence-electron chi connectivity index (χ0n) is 11.6. The molecule has 0 spiro atoms. The van der Waals surface area contributed by atoms with Crippen molar-refractivity contribution in [2.45, 2.75) is 31.3 Å². The maximum atomic E-state index is 11.6. The third kappa shape index (κ3) is 2.31. The van der Waals surface area contributed by atoms with Gasteiger partial charge in [-0.15, -0.1) is 0 Å². The number of nitrogens with zero attached hydrogens (tertiary/aromatic N) is 2. The van der Waals surface area contributed by atoms with Crippen LogP contribution in [0.5, 0.6) is 0 Å². The molecule has 3 heterocycles. The van der Waals surface area contributed by atoms with E-state index >= 15 is 0 Å². The molecule has 0 amide bonds. The summed E-state index contributed by atoms with van der Waals surface area (Å²) < 4.78 is 4.73. The van der Waals surface area contributed by atoms with Crippen LogP contribution in [0.2, 0.25) is 0 Å². The molecule has 2 aliphatic heterocycles. The second kappa shape index (κ2) is 5.28. The minimum absolute atomic E-state index is 0.344. The Hall–Kier alpha value is -1.82. The normalized spacial score (nSPS) is 25.4. The largest absolute Gasteiger partial charge is 0.465 e. The summed E-state index contributed by atoms with van der Waals surface area (Å²) in [5, 5.41) is 3.44. The van der Waals surface area contributed by atoms with Crippen molar-refractivity contribution in [2.75, 3.05) is 31.2 Å². The first kappa shape index (κ1) is 13.2. The number of rotatable bonds is 3. The van der Waals surface area contributed by atoms with E-state index in [0.29, 0.717) is 29.2 Å². The molecule has 2 atom stereocenters. The molecule has 0 bridgehead atoms. The summed E-state index contributed by atoms with van der Waals surface area (Å²) in [6.45, 7) is 2.34. The third-order valence-electron chi connectivity index (χ3n) is 4.28. The van der Waals surface area contributed by atoms with Crippen molar-refractivity contribution in [3.63, 3.8) is 0 Å². The van der Waals surface area contributed by atoms with E-state index < -0.39 is 5.97 Å². The average Bonchev–Trinajstić information content (AvgIpc) is 3.05. The molecule has 2 aliphatic rings. The molecule has 0 radical (unpaired) electrons. The van der Waals surface area contributed by atoms with Crippen LogP contribution < -0.4 is 11.1 Å². The molecule has 6 nitrogen and oxygen atoms in total. The molecule has 0 saturated carbocycles. The Kier molecular flexibility index (Phi) is 3.48. The minimum atomic E-state index is -0.429. The van der Waals surface area contributed by atoms with Gasteiger partial charge in [-0.2, -0.15) is 0 Å². The van der Waals surface area contributed by atoms with Crippen LogP contribution in [0.15, 0.2) is 12.3 Å². The van der Waals surface area contributed by atoms with Crippen LogP contribution in [0.3, 0.4) is 0 Å². The monoisotopic (exact) mass is 276 g/mol. The maximum Gasteiger partial charge on any atom is 0.340 e. The predicted octanol–water partition coefficient (Wildman–Crippen LogP) is 1.10. The predicted molar refractivity (Wildman–Crippen MR) is 76.6 cm³/mol. The van der Waals surface area contributed by atoms with E-state index in [9.17, 15) is 4.79 Å². The molecule has 6 heteroatoms. The average molecular weight is 276 g/mol. The number of nitrogens with two attached hydrogens (primary N) is 1. The summed E-state index contributed by atoms with van der Waals surface area (Å²) in [6, 6.07) is 2.67. The molecule has 108 valence electrons. The van der Waals surface area contributed by atoms with E-state index in [0.717, 1.165) is 13.0 Å². The number of esters is 1. The smallest absolute Gasteiger partial charge is 0.340 e. The van der Waals surface area contributed by atoms with Gasteiger partial charge in [0.15, 0.2) is 0 Å². The zero-order chi connectivity index (χ0) is 14.1. The lowest BCUT2D eigenvalue weighted by molar-refractivity contribution is 0.0602. The van der Waals surface area contributed by atoms with Crippen LogP contribution in [-0.4, -0.2) is 48.1 Å². The Balaban J connectivity index is 1.76. The van der Waals surface area contributed by atoms with E-state index in [4.69, 9.17) is 10.5 Å². The fourth-order valence-electron chi connectivity index (χ4n) is 3.27. The fraction of sp³-hybridized carbons (Fsp3) is 0.571. The number of carbonyl (C=O) groups excluding carboxylic acids is 1. The highest BCUT2D eigenvalue weighted by Crippen LogP contribution is 2.30. The number of hydrogen-bond acceptors (Lipinski definition) is 6. The van der Waals surface area contributed by atoms with Crippen molar-refractivity contribution in [3.8, 4) is 0 Å². The van der Waals surface area contributed by atoms with Crippen molar-refractivity contribution in [1.29, 1.82) is 0 Å². The fourth-order valence-corrected chi connectivity index (χ4v) is 3.27. The van der Waals surface area contributed by atoms with Crippen LogP contribution >= 0.6 is 0 Å². The Labute approximate surface area is 118 Å². The molecule has 3 N–H and O–H groups in total. The van der Waals surface area contributed by atoms with Crippen molar-refractivity contribution >= 4 is 17.5 Å². The van der Waals surface area contributed by atoms with Gasteiger partial charge in [0.2, 0.25) is 0 Å². The maximum absolute atomic E-state index is 11.6. The van der Waals surface area contributed by atoms with E-state index in [1.165, 1.54) is 32.7 Å². The quantitative estimate of drug-likeness (QED) is 0.805. The minimum Gasteiger partial charge on any atom is -0.465 e. The first-order chi connectivity index (χ1) is 9.69. The van der Waals surface area contributed by atoms with Gasteiger partial charge in [0.05, 0.1) is 24.6 Å². The molecule has 2 unspecified atom stereocenters. The Morgan fingerprint density at radius 1 is 1.50 bits per heavy atom. The van der Waals surface area contributed by atoms with E-state index in [2.05, 4.69) is 15.2 Å². The van der Waals surface area contributed by atoms with Gasteiger partial charge in [0.1, 0.15) is 5.82 Å². The second-order valence-electron chi connectivity index (χ2n) is 5.43. The Morgan fingerprint density at radius 2 is 2.35 bits per heavy atom. The summed E-state index contributed by atoms with van der Waals surface area (Å²) >= 11 is 0. The van der Waals surface area contributed by atoms with Crippen LogP contribution in [0.25, 0.3) is 0 Å². The molecule has 0 aromatic carbocycles. The number of ether oxygens (including phenoxy) is 1. The van der Waals surface area contributed by atoms with E-state index in [1.54, 1.807) is 6.07 Å². The van der Waals surface area contributed by atoms with Gasteiger partial charge in [-0.3, -0.25) is 4.90 Å². The van der Waals surface area contributed by atoms with E-state index in [1.807, 2.05) is 0 Å². The van der Waals surface area contributed by atoms with Gasteiger partial charge in [-0.25, -0.2) is 9.78 Å². The third-order valence-corrected chi connectivity index (χ3v) is 4.28. The van der Waals surface area contributed by atoms with Crippen LogP contribution in [0, 0.1) is 0 Å². The van der Waals surface area contributed by atoms with Gasteiger partial charge in [-0.05, 0) is 31.9 Å². The lowest BCUT2D eigenvalue weighted by Gasteiger charge is -2.22. The van der Waals surface area contributed by atoms with Gasteiger partial charge < -0.3 is 15.8 Å². The van der Waals surface area contributed by atoms with Crippen molar-refractivity contribution in [3.05, 3.63) is 17.8 Å². The summed E-state index contributed by atoms with van der Waals surface area (Å²) in [7, 11) is 1.35. The van der Waals surface area contributed by atoms with Crippen LogP contribution in [0.4, 0.5) is 11.5 Å². The van der Waals surface area contributed by atoms with Crippen molar-refractivity contribution in [2.24, 2.45) is 0 Å². The second-order valence-corrected chi connectivity index (χ2v) is 5.43. The first-order valence-corrected chi connectivity index (χ1v) is 7.03. The number of fused-ring (bicyclic) bond motifs is 1. The molecule has 1 aromatic rings. The number of aromatic nitrogens is 1. The lowest BCUT2D eigenvalue weighted by atomic mass is 10.1. The van der Waals surface area contributed by atoms with Crippen molar-refractivity contribution in [1.82, 2.24) is 9.88 Å². The van der Waals surface area contributed by atoms with Crippen molar-refractivity contribution < 1.29 is 9.53 Å².